The van der Waals surface area contributed by atoms with Crippen molar-refractivity contribution in [2.24, 2.45) is 0 Å². The normalized spacial score (nSPS) is 11.9. The van der Waals surface area contributed by atoms with Gasteiger partial charge in [-0.25, -0.2) is 15.0 Å². The standard InChI is InChI=1S/C61H37N5/c1-2-17-41(18-3-1)59-62-60(44-27-26-38-14-4-6-19-42(38)36-44)64-61(63-59)49-31-34-53(48-23-11-10-22-47(48)49)66-52-25-13-12-24-50(52)57-55(66)35-32-51-56-46-21-9-8-16-40(46)29-33-54(56)65(58(51)57)45-30-28-39-15-5-7-20-43(39)37-45/h1-37H. The molecule has 0 N–H and O–H groups in total. The number of hydrogen-bond donors (Lipinski definition) is 0. The number of hydrogen-bond acceptors (Lipinski definition) is 3. The zero-order valence-corrected chi connectivity index (χ0v) is 35.6. The van der Waals surface area contributed by atoms with E-state index in [1.807, 2.05) is 18.2 Å². The molecule has 306 valence electrons. The van der Waals surface area contributed by atoms with Crippen LogP contribution in [0.4, 0.5) is 0 Å². The second kappa shape index (κ2) is 14.3. The Balaban J connectivity index is 1.04. The van der Waals surface area contributed by atoms with Crippen molar-refractivity contribution in [1.29, 1.82) is 0 Å². The highest BCUT2D eigenvalue weighted by atomic mass is 15.0. The third-order valence-electron chi connectivity index (χ3n) is 13.5. The molecule has 0 saturated heterocycles. The lowest BCUT2D eigenvalue weighted by Crippen LogP contribution is -2.02. The lowest BCUT2D eigenvalue weighted by Gasteiger charge is -2.15. The molecule has 5 heteroatoms. The summed E-state index contributed by atoms with van der Waals surface area (Å²) in [4.78, 5) is 15.5. The zero-order chi connectivity index (χ0) is 43.3. The van der Waals surface area contributed by atoms with Crippen LogP contribution in [-0.2, 0) is 0 Å². The Morgan fingerprint density at radius 3 is 1.67 bits per heavy atom. The summed E-state index contributed by atoms with van der Waals surface area (Å²) in [7, 11) is 0. The summed E-state index contributed by atoms with van der Waals surface area (Å²) in [6.45, 7) is 0. The van der Waals surface area contributed by atoms with E-state index in [2.05, 4.69) is 215 Å². The first-order valence-corrected chi connectivity index (χ1v) is 22.4. The third-order valence-corrected chi connectivity index (χ3v) is 13.5. The zero-order valence-electron chi connectivity index (χ0n) is 35.6. The van der Waals surface area contributed by atoms with Crippen LogP contribution in [0.3, 0.4) is 0 Å². The Labute approximate surface area is 379 Å². The molecule has 0 aliphatic rings. The average molecular weight is 840 g/mol. The Morgan fingerprint density at radius 1 is 0.288 bits per heavy atom. The van der Waals surface area contributed by atoms with E-state index in [1.165, 1.54) is 59.5 Å². The average Bonchev–Trinajstić information content (AvgIpc) is 3.91. The van der Waals surface area contributed by atoms with Crippen LogP contribution in [0.1, 0.15) is 0 Å². The first kappa shape index (κ1) is 36.5. The topological polar surface area (TPSA) is 48.5 Å². The number of para-hydroxylation sites is 1. The summed E-state index contributed by atoms with van der Waals surface area (Å²) in [5, 5.41) is 14.3. The molecule has 0 unspecified atom stereocenters. The van der Waals surface area contributed by atoms with Crippen LogP contribution < -0.4 is 0 Å². The first-order chi connectivity index (χ1) is 32.7. The summed E-state index contributed by atoms with van der Waals surface area (Å²) >= 11 is 0. The molecule has 3 aromatic heterocycles. The molecule has 14 aromatic rings. The number of fused-ring (bicyclic) bond motifs is 12. The summed E-state index contributed by atoms with van der Waals surface area (Å²) in [6.07, 6.45) is 0. The molecular weight excluding hydrogens is 803 g/mol. The van der Waals surface area contributed by atoms with Crippen LogP contribution in [0.2, 0.25) is 0 Å². The maximum atomic E-state index is 5.25. The third kappa shape index (κ3) is 5.50. The molecule has 0 spiro atoms. The maximum Gasteiger partial charge on any atom is 0.164 e. The summed E-state index contributed by atoms with van der Waals surface area (Å²) in [6, 6.07) is 80.5. The van der Waals surface area contributed by atoms with Gasteiger partial charge in [0.15, 0.2) is 17.5 Å². The second-order valence-corrected chi connectivity index (χ2v) is 17.2. The minimum absolute atomic E-state index is 0.630. The second-order valence-electron chi connectivity index (χ2n) is 17.2. The molecule has 66 heavy (non-hydrogen) atoms. The molecule has 3 heterocycles. The van der Waals surface area contributed by atoms with E-state index < -0.39 is 0 Å². The highest BCUT2D eigenvalue weighted by Crippen LogP contribution is 2.45. The summed E-state index contributed by atoms with van der Waals surface area (Å²) in [5.74, 6) is 1.91. The molecule has 5 nitrogen and oxygen atoms in total. The van der Waals surface area contributed by atoms with Gasteiger partial charge in [-0.1, -0.05) is 176 Å². The van der Waals surface area contributed by atoms with Crippen molar-refractivity contribution in [3.8, 4) is 45.5 Å². The van der Waals surface area contributed by atoms with Gasteiger partial charge in [0.25, 0.3) is 0 Å². The fourth-order valence-electron chi connectivity index (χ4n) is 10.5. The number of aromatic nitrogens is 5. The molecule has 0 atom stereocenters. The smallest absolute Gasteiger partial charge is 0.164 e. The van der Waals surface area contributed by atoms with Crippen LogP contribution in [0.15, 0.2) is 224 Å². The SMILES string of the molecule is c1ccc(-c2nc(-c3ccc4ccccc4c3)nc(-c3ccc(-n4c5ccccc5c5c4ccc4c6c7ccccc7ccc6n(-c6ccc7ccccc7c6)c45)c4ccccc34)n2)cc1. The van der Waals surface area contributed by atoms with Gasteiger partial charge in [-0.15, -0.1) is 0 Å². The van der Waals surface area contributed by atoms with Gasteiger partial charge in [-0.05, 0) is 86.2 Å². The fourth-order valence-corrected chi connectivity index (χ4v) is 10.5. The minimum Gasteiger partial charge on any atom is -0.309 e. The molecular formula is C61H37N5. The van der Waals surface area contributed by atoms with E-state index in [9.17, 15) is 0 Å². The van der Waals surface area contributed by atoms with Gasteiger partial charge in [-0.2, -0.15) is 0 Å². The van der Waals surface area contributed by atoms with E-state index in [0.29, 0.717) is 17.5 Å². The monoisotopic (exact) mass is 839 g/mol. The van der Waals surface area contributed by atoms with Gasteiger partial charge in [0.2, 0.25) is 0 Å². The molecule has 0 amide bonds. The van der Waals surface area contributed by atoms with Crippen molar-refractivity contribution >= 4 is 86.7 Å². The highest BCUT2D eigenvalue weighted by Gasteiger charge is 2.24. The lowest BCUT2D eigenvalue weighted by molar-refractivity contribution is 1.08. The molecule has 11 aromatic carbocycles. The molecule has 0 radical (unpaired) electrons. The van der Waals surface area contributed by atoms with Gasteiger partial charge >= 0.3 is 0 Å². The number of rotatable bonds is 5. The van der Waals surface area contributed by atoms with Crippen LogP contribution in [0, 0.1) is 0 Å². The molecule has 0 aliphatic carbocycles. The van der Waals surface area contributed by atoms with E-state index in [4.69, 9.17) is 15.0 Å². The Bertz CT molecular complexity index is 4290. The maximum absolute atomic E-state index is 5.25. The van der Waals surface area contributed by atoms with Crippen LogP contribution in [0.5, 0.6) is 0 Å². The van der Waals surface area contributed by atoms with E-state index in [1.54, 1.807) is 0 Å². The minimum atomic E-state index is 0.630. The first-order valence-electron chi connectivity index (χ1n) is 22.4. The predicted molar refractivity (Wildman–Crippen MR) is 275 cm³/mol. The lowest BCUT2D eigenvalue weighted by atomic mass is 10.0. The quantitative estimate of drug-likeness (QED) is 0.173. The van der Waals surface area contributed by atoms with E-state index in [-0.39, 0.29) is 0 Å². The Morgan fingerprint density at radius 2 is 0.864 bits per heavy atom. The van der Waals surface area contributed by atoms with Crippen molar-refractivity contribution in [2.45, 2.75) is 0 Å². The van der Waals surface area contributed by atoms with Crippen molar-refractivity contribution < 1.29 is 0 Å². The van der Waals surface area contributed by atoms with Gasteiger partial charge in [0.05, 0.1) is 27.8 Å². The summed E-state index contributed by atoms with van der Waals surface area (Å²) in [5.41, 5.74) is 9.73. The molecule has 14 rings (SSSR count). The molecule has 0 aliphatic heterocycles. The van der Waals surface area contributed by atoms with Crippen LogP contribution in [0.25, 0.3) is 132 Å². The number of nitrogens with zero attached hydrogens (tertiary/aromatic N) is 5. The predicted octanol–water partition coefficient (Wildman–Crippen LogP) is 15.7. The van der Waals surface area contributed by atoms with Crippen molar-refractivity contribution in [2.75, 3.05) is 0 Å². The molecule has 0 saturated carbocycles. The summed E-state index contributed by atoms with van der Waals surface area (Å²) < 4.78 is 4.96. The largest absolute Gasteiger partial charge is 0.309 e. The van der Waals surface area contributed by atoms with Gasteiger partial charge in [0.1, 0.15) is 0 Å². The van der Waals surface area contributed by atoms with Crippen LogP contribution >= 0.6 is 0 Å². The van der Waals surface area contributed by atoms with Crippen molar-refractivity contribution in [3.05, 3.63) is 224 Å². The highest BCUT2D eigenvalue weighted by molar-refractivity contribution is 6.30. The van der Waals surface area contributed by atoms with Crippen molar-refractivity contribution in [3.63, 3.8) is 0 Å². The van der Waals surface area contributed by atoms with Crippen LogP contribution in [-0.4, -0.2) is 24.1 Å². The fraction of sp³-hybridized carbons (Fsp3) is 0. The number of benzene rings is 11. The van der Waals surface area contributed by atoms with Gasteiger partial charge < -0.3 is 9.13 Å². The Kier molecular flexibility index (Phi) is 7.91. The molecule has 0 bridgehead atoms. The van der Waals surface area contributed by atoms with Gasteiger partial charge in [-0.3, -0.25) is 0 Å². The van der Waals surface area contributed by atoms with Gasteiger partial charge in [0, 0.05) is 49.3 Å². The Hall–Kier alpha value is -8.93. The van der Waals surface area contributed by atoms with E-state index in [0.717, 1.165) is 55.3 Å². The van der Waals surface area contributed by atoms with Crippen molar-refractivity contribution in [1.82, 2.24) is 24.1 Å². The van der Waals surface area contributed by atoms with E-state index >= 15 is 0 Å². The molecule has 0 fully saturated rings.